The SMILES string of the molecule is Nc1c[nH]c(C(=O)Nc2cc(Br)c(F)cc2F)c1. The lowest BCUT2D eigenvalue weighted by Gasteiger charge is -2.06. The van der Waals surface area contributed by atoms with E-state index in [9.17, 15) is 13.6 Å². The van der Waals surface area contributed by atoms with Gasteiger partial charge in [-0.2, -0.15) is 0 Å². The molecule has 2 aromatic rings. The molecule has 94 valence electrons. The van der Waals surface area contributed by atoms with E-state index in [-0.39, 0.29) is 15.9 Å². The summed E-state index contributed by atoms with van der Waals surface area (Å²) in [4.78, 5) is 14.3. The number of nitrogens with two attached hydrogens (primary N) is 1. The second kappa shape index (κ2) is 4.77. The Morgan fingerprint density at radius 2 is 2.00 bits per heavy atom. The largest absolute Gasteiger partial charge is 0.397 e. The number of rotatable bonds is 2. The van der Waals surface area contributed by atoms with Crippen molar-refractivity contribution in [2.75, 3.05) is 11.1 Å². The summed E-state index contributed by atoms with van der Waals surface area (Å²) in [5, 5.41) is 2.31. The quantitative estimate of drug-likeness (QED) is 0.746. The molecule has 1 aromatic carbocycles. The zero-order valence-corrected chi connectivity index (χ0v) is 10.5. The van der Waals surface area contributed by atoms with E-state index in [0.29, 0.717) is 11.8 Å². The number of carbonyl (C=O) groups excluding carboxylic acids is 1. The minimum atomic E-state index is -0.858. The summed E-state index contributed by atoms with van der Waals surface area (Å²) in [7, 11) is 0. The normalized spacial score (nSPS) is 10.4. The van der Waals surface area contributed by atoms with Crippen LogP contribution in [0.5, 0.6) is 0 Å². The Bertz CT molecular complexity index is 612. The van der Waals surface area contributed by atoms with E-state index in [0.717, 1.165) is 6.07 Å². The van der Waals surface area contributed by atoms with Crippen LogP contribution in [0.4, 0.5) is 20.2 Å². The number of benzene rings is 1. The summed E-state index contributed by atoms with van der Waals surface area (Å²) in [6, 6.07) is 3.24. The molecule has 0 spiro atoms. The van der Waals surface area contributed by atoms with Crippen LogP contribution in [0.1, 0.15) is 10.5 Å². The van der Waals surface area contributed by atoms with Crippen molar-refractivity contribution in [3.8, 4) is 0 Å². The number of nitrogens with one attached hydrogen (secondary N) is 2. The van der Waals surface area contributed by atoms with E-state index in [1.807, 2.05) is 0 Å². The summed E-state index contributed by atoms with van der Waals surface area (Å²) in [6.07, 6.45) is 1.44. The third-order valence-electron chi connectivity index (χ3n) is 2.21. The second-order valence-electron chi connectivity index (χ2n) is 3.55. The second-order valence-corrected chi connectivity index (χ2v) is 4.40. The molecule has 0 aliphatic heterocycles. The fourth-order valence-electron chi connectivity index (χ4n) is 1.35. The number of aromatic nitrogens is 1. The van der Waals surface area contributed by atoms with Crippen LogP contribution in [-0.4, -0.2) is 10.9 Å². The van der Waals surface area contributed by atoms with Gasteiger partial charge in [0.25, 0.3) is 5.91 Å². The van der Waals surface area contributed by atoms with Crippen LogP contribution in [0.2, 0.25) is 0 Å². The predicted octanol–water partition coefficient (Wildman–Crippen LogP) is 2.89. The molecule has 0 unspecified atom stereocenters. The molecule has 0 aliphatic carbocycles. The fraction of sp³-hybridized carbons (Fsp3) is 0. The molecule has 7 heteroatoms. The van der Waals surface area contributed by atoms with Crippen LogP contribution in [0.25, 0.3) is 0 Å². The van der Waals surface area contributed by atoms with E-state index in [2.05, 4.69) is 26.2 Å². The van der Waals surface area contributed by atoms with Crippen molar-refractivity contribution in [1.29, 1.82) is 0 Å². The van der Waals surface area contributed by atoms with Gasteiger partial charge in [0.2, 0.25) is 0 Å². The van der Waals surface area contributed by atoms with Crippen LogP contribution in [0, 0.1) is 11.6 Å². The lowest BCUT2D eigenvalue weighted by atomic mass is 10.3. The summed E-state index contributed by atoms with van der Waals surface area (Å²) in [5.74, 6) is -2.16. The van der Waals surface area contributed by atoms with Gasteiger partial charge in [-0.25, -0.2) is 8.78 Å². The molecule has 2 rings (SSSR count). The number of hydrogen-bond donors (Lipinski definition) is 3. The summed E-state index contributed by atoms with van der Waals surface area (Å²) in [5.41, 5.74) is 5.89. The molecule has 0 saturated carbocycles. The van der Waals surface area contributed by atoms with Crippen molar-refractivity contribution < 1.29 is 13.6 Å². The third kappa shape index (κ3) is 2.51. The van der Waals surface area contributed by atoms with Gasteiger partial charge in [-0.05, 0) is 28.1 Å². The average molecular weight is 316 g/mol. The Morgan fingerprint density at radius 3 is 2.61 bits per heavy atom. The highest BCUT2D eigenvalue weighted by Crippen LogP contribution is 2.24. The minimum Gasteiger partial charge on any atom is -0.397 e. The molecular formula is C11H8BrF2N3O. The highest BCUT2D eigenvalue weighted by atomic mass is 79.9. The Morgan fingerprint density at radius 1 is 1.28 bits per heavy atom. The van der Waals surface area contributed by atoms with Crippen LogP contribution in [0.15, 0.2) is 28.9 Å². The van der Waals surface area contributed by atoms with Gasteiger partial charge < -0.3 is 16.0 Å². The molecule has 0 saturated heterocycles. The lowest BCUT2D eigenvalue weighted by molar-refractivity contribution is 0.102. The smallest absolute Gasteiger partial charge is 0.272 e. The molecule has 1 aromatic heterocycles. The molecule has 1 amide bonds. The Hall–Kier alpha value is -1.89. The van der Waals surface area contributed by atoms with Gasteiger partial charge in [0.05, 0.1) is 10.2 Å². The molecular weight excluding hydrogens is 308 g/mol. The Kier molecular flexibility index (Phi) is 3.33. The molecule has 4 N–H and O–H groups in total. The first-order valence-corrected chi connectivity index (χ1v) is 5.66. The van der Waals surface area contributed by atoms with Gasteiger partial charge in [-0.15, -0.1) is 0 Å². The van der Waals surface area contributed by atoms with E-state index < -0.39 is 17.5 Å². The summed E-state index contributed by atoms with van der Waals surface area (Å²) in [6.45, 7) is 0. The molecule has 4 nitrogen and oxygen atoms in total. The van der Waals surface area contributed by atoms with Gasteiger partial charge in [-0.1, -0.05) is 0 Å². The van der Waals surface area contributed by atoms with Crippen molar-refractivity contribution in [1.82, 2.24) is 4.98 Å². The molecule has 0 aliphatic rings. The van der Waals surface area contributed by atoms with Gasteiger partial charge >= 0.3 is 0 Å². The Balaban J connectivity index is 2.24. The summed E-state index contributed by atoms with van der Waals surface area (Å²) < 4.78 is 26.5. The van der Waals surface area contributed by atoms with Gasteiger partial charge in [0, 0.05) is 18.0 Å². The molecule has 18 heavy (non-hydrogen) atoms. The van der Waals surface area contributed by atoms with Crippen LogP contribution in [-0.2, 0) is 0 Å². The predicted molar refractivity (Wildman–Crippen MR) is 67.2 cm³/mol. The maximum Gasteiger partial charge on any atom is 0.272 e. The first-order valence-electron chi connectivity index (χ1n) is 4.87. The number of nitrogen functional groups attached to an aromatic ring is 1. The van der Waals surface area contributed by atoms with Crippen LogP contribution >= 0.6 is 15.9 Å². The number of carbonyl (C=O) groups is 1. The Labute approximate surface area is 109 Å². The molecule has 0 fully saturated rings. The fourth-order valence-corrected chi connectivity index (χ4v) is 1.69. The van der Waals surface area contributed by atoms with Crippen molar-refractivity contribution in [3.63, 3.8) is 0 Å². The first-order chi connectivity index (χ1) is 8.47. The highest BCUT2D eigenvalue weighted by Gasteiger charge is 2.13. The number of aromatic amines is 1. The van der Waals surface area contributed by atoms with Crippen molar-refractivity contribution in [2.45, 2.75) is 0 Å². The first kappa shape index (κ1) is 12.6. The van der Waals surface area contributed by atoms with E-state index in [1.165, 1.54) is 12.3 Å². The topological polar surface area (TPSA) is 70.9 Å². The number of amides is 1. The van der Waals surface area contributed by atoms with Crippen molar-refractivity contribution in [3.05, 3.63) is 46.2 Å². The zero-order chi connectivity index (χ0) is 13.3. The highest BCUT2D eigenvalue weighted by molar-refractivity contribution is 9.10. The van der Waals surface area contributed by atoms with Crippen molar-refractivity contribution >= 4 is 33.2 Å². The van der Waals surface area contributed by atoms with E-state index >= 15 is 0 Å². The lowest BCUT2D eigenvalue weighted by Crippen LogP contribution is -2.13. The molecule has 0 radical (unpaired) electrons. The summed E-state index contributed by atoms with van der Waals surface area (Å²) >= 11 is 2.91. The number of hydrogen-bond acceptors (Lipinski definition) is 2. The van der Waals surface area contributed by atoms with Gasteiger partial charge in [0.1, 0.15) is 17.3 Å². The maximum absolute atomic E-state index is 13.4. The van der Waals surface area contributed by atoms with Gasteiger partial charge in [0.15, 0.2) is 0 Å². The third-order valence-corrected chi connectivity index (χ3v) is 2.82. The van der Waals surface area contributed by atoms with E-state index in [1.54, 1.807) is 0 Å². The molecule has 0 bridgehead atoms. The number of H-pyrrole nitrogens is 1. The number of halogens is 3. The zero-order valence-electron chi connectivity index (χ0n) is 8.93. The minimum absolute atomic E-state index is 0.0604. The average Bonchev–Trinajstić information content (AvgIpc) is 2.73. The van der Waals surface area contributed by atoms with Crippen LogP contribution in [0.3, 0.4) is 0 Å². The maximum atomic E-state index is 13.4. The van der Waals surface area contributed by atoms with E-state index in [4.69, 9.17) is 5.73 Å². The molecule has 0 atom stereocenters. The molecule has 1 heterocycles. The monoisotopic (exact) mass is 315 g/mol. The van der Waals surface area contributed by atoms with Crippen LogP contribution < -0.4 is 11.1 Å². The number of anilines is 2. The van der Waals surface area contributed by atoms with Gasteiger partial charge in [-0.3, -0.25) is 4.79 Å². The van der Waals surface area contributed by atoms with Crippen molar-refractivity contribution in [2.24, 2.45) is 0 Å². The standard InChI is InChI=1S/C11H8BrF2N3O/c12-6-2-9(8(14)3-7(6)13)17-11(18)10-1-5(15)4-16-10/h1-4,16H,15H2,(H,17,18).